The number of thiazole rings is 1. The number of nitrogens with zero attached hydrogens (tertiary/aromatic N) is 2. The van der Waals surface area contributed by atoms with Crippen LogP contribution in [0.15, 0.2) is 78.9 Å². The van der Waals surface area contributed by atoms with Crippen LogP contribution in [0, 0.1) is 0 Å². The third kappa shape index (κ3) is 3.76. The van der Waals surface area contributed by atoms with Gasteiger partial charge in [0, 0.05) is 18.6 Å². The molecule has 7 heteroatoms. The predicted molar refractivity (Wildman–Crippen MR) is 131 cm³/mol. The van der Waals surface area contributed by atoms with Crippen LogP contribution in [0.25, 0.3) is 21.4 Å². The van der Waals surface area contributed by atoms with Crippen LogP contribution in [0.1, 0.15) is 17.5 Å². The average Bonchev–Trinajstić information content (AvgIpc) is 3.37. The van der Waals surface area contributed by atoms with E-state index in [-0.39, 0.29) is 11.8 Å². The number of rotatable bonds is 5. The molecule has 0 radical (unpaired) electrons. The van der Waals surface area contributed by atoms with Crippen molar-refractivity contribution in [3.05, 3.63) is 89.4 Å². The van der Waals surface area contributed by atoms with Crippen LogP contribution >= 0.6 is 11.3 Å². The number of nitrogens with one attached hydrogen (secondary N) is 1. The van der Waals surface area contributed by atoms with Gasteiger partial charge in [0.15, 0.2) is 0 Å². The fraction of sp³-hybridized carbons (Fsp3) is 0.115. The Bertz CT molecular complexity index is 1360. The Morgan fingerprint density at radius 3 is 2.52 bits per heavy atom. The van der Waals surface area contributed by atoms with E-state index < -0.39 is 6.17 Å². The first-order valence-electron chi connectivity index (χ1n) is 10.5. The van der Waals surface area contributed by atoms with Crippen molar-refractivity contribution >= 4 is 50.2 Å². The zero-order valence-electron chi connectivity index (χ0n) is 18.1. The first-order chi connectivity index (χ1) is 16.1. The minimum atomic E-state index is -0.710. The van der Waals surface area contributed by atoms with Gasteiger partial charge in [0.25, 0.3) is 5.91 Å². The van der Waals surface area contributed by atoms with Crippen LogP contribution in [0.3, 0.4) is 0 Å². The van der Waals surface area contributed by atoms with Gasteiger partial charge < -0.3 is 10.1 Å². The number of carbonyl (C=O) groups is 2. The molecule has 164 valence electrons. The Morgan fingerprint density at radius 1 is 1.03 bits per heavy atom. The van der Waals surface area contributed by atoms with Gasteiger partial charge >= 0.3 is 0 Å². The molecule has 5 rings (SSSR count). The van der Waals surface area contributed by atoms with Crippen LogP contribution in [0.4, 0.5) is 5.69 Å². The molecule has 1 aromatic heterocycles. The molecular weight excluding hydrogens is 434 g/mol. The molecule has 1 atom stereocenters. The Kier molecular flexibility index (Phi) is 5.40. The number of ether oxygens (including phenoxy) is 1. The van der Waals surface area contributed by atoms with Gasteiger partial charge in [0.2, 0.25) is 5.91 Å². The Labute approximate surface area is 195 Å². The van der Waals surface area contributed by atoms with E-state index in [1.165, 1.54) is 18.3 Å². The van der Waals surface area contributed by atoms with E-state index in [1.54, 1.807) is 18.1 Å². The highest BCUT2D eigenvalue weighted by Gasteiger charge is 2.43. The molecule has 0 saturated carbocycles. The Balaban J connectivity index is 1.76. The van der Waals surface area contributed by atoms with Gasteiger partial charge in [-0.25, -0.2) is 4.98 Å². The van der Waals surface area contributed by atoms with Crippen molar-refractivity contribution in [3.8, 4) is 5.75 Å². The monoisotopic (exact) mass is 455 g/mol. The Morgan fingerprint density at radius 2 is 1.79 bits per heavy atom. The molecule has 2 amide bonds. The number of anilines is 1. The summed E-state index contributed by atoms with van der Waals surface area (Å²) in [5.41, 5.74) is 3.47. The van der Waals surface area contributed by atoms with Gasteiger partial charge in [-0.15, -0.1) is 11.3 Å². The van der Waals surface area contributed by atoms with Gasteiger partial charge in [0.05, 0.1) is 28.6 Å². The fourth-order valence-corrected chi connectivity index (χ4v) is 5.11. The van der Waals surface area contributed by atoms with Crippen LogP contribution < -0.4 is 15.0 Å². The number of fused-ring (bicyclic) bond motifs is 1. The van der Waals surface area contributed by atoms with E-state index in [1.807, 2.05) is 72.8 Å². The summed E-state index contributed by atoms with van der Waals surface area (Å²) in [6.45, 7) is 1.45. The normalized spacial score (nSPS) is 15.9. The summed E-state index contributed by atoms with van der Waals surface area (Å²) in [6.07, 6.45) is -0.710. The van der Waals surface area contributed by atoms with Crippen molar-refractivity contribution in [2.75, 3.05) is 12.0 Å². The summed E-state index contributed by atoms with van der Waals surface area (Å²) in [7, 11) is 1.58. The van der Waals surface area contributed by atoms with Crippen LogP contribution in [-0.2, 0) is 9.59 Å². The second-order valence-corrected chi connectivity index (χ2v) is 8.65. The number of methoxy groups -OCH3 is 1. The highest BCUT2D eigenvalue weighted by Crippen LogP contribution is 2.43. The number of benzene rings is 3. The van der Waals surface area contributed by atoms with Gasteiger partial charge in [0.1, 0.15) is 16.9 Å². The minimum Gasteiger partial charge on any atom is -0.497 e. The largest absolute Gasteiger partial charge is 0.497 e. The second kappa shape index (κ2) is 8.52. The maximum atomic E-state index is 13.9. The number of hydrogen-bond donors (Lipinski definition) is 1. The topological polar surface area (TPSA) is 71.5 Å². The van der Waals surface area contributed by atoms with E-state index in [9.17, 15) is 9.59 Å². The van der Waals surface area contributed by atoms with Gasteiger partial charge in [-0.2, -0.15) is 0 Å². The lowest BCUT2D eigenvalue weighted by atomic mass is 10.0. The summed E-state index contributed by atoms with van der Waals surface area (Å²) in [6, 6.07) is 24.6. The lowest BCUT2D eigenvalue weighted by Crippen LogP contribution is -2.47. The summed E-state index contributed by atoms with van der Waals surface area (Å²) < 4.78 is 6.39. The summed E-state index contributed by atoms with van der Waals surface area (Å²) in [5.74, 6) is 0.174. The van der Waals surface area contributed by atoms with Gasteiger partial charge in [-0.1, -0.05) is 48.5 Å². The third-order valence-electron chi connectivity index (χ3n) is 5.49. The van der Waals surface area contributed by atoms with E-state index in [0.29, 0.717) is 27.6 Å². The molecule has 1 aliphatic rings. The molecule has 0 bridgehead atoms. The van der Waals surface area contributed by atoms with Crippen LogP contribution in [0.2, 0.25) is 0 Å². The lowest BCUT2D eigenvalue weighted by molar-refractivity contribution is -0.119. The molecule has 0 spiro atoms. The standard InChI is InChI=1S/C26H21N3O3S/c1-16(30)27-24-23(25-28-20-13-6-7-14-21(20)33-25)22(17-9-4-3-5-10-17)26(31)29(24)18-11-8-12-19(15-18)32-2/h3-15,24H,1-2H3,(H,27,30)/t24-/m0/s1. The molecular formula is C26H21N3O3S. The van der Waals surface area contributed by atoms with Gasteiger partial charge in [-0.3, -0.25) is 14.5 Å². The molecule has 4 aromatic rings. The molecule has 0 fully saturated rings. The first kappa shape index (κ1) is 20.9. The maximum Gasteiger partial charge on any atom is 0.261 e. The minimum absolute atomic E-state index is 0.206. The number of hydrogen-bond acceptors (Lipinski definition) is 5. The maximum absolute atomic E-state index is 13.9. The van der Waals surface area contributed by atoms with E-state index in [2.05, 4.69) is 5.32 Å². The van der Waals surface area contributed by atoms with Crippen molar-refractivity contribution in [3.63, 3.8) is 0 Å². The molecule has 3 aromatic carbocycles. The number of carbonyl (C=O) groups excluding carboxylic acids is 2. The lowest BCUT2D eigenvalue weighted by Gasteiger charge is -2.27. The van der Waals surface area contributed by atoms with Crippen molar-refractivity contribution in [2.24, 2.45) is 0 Å². The van der Waals surface area contributed by atoms with Crippen molar-refractivity contribution in [2.45, 2.75) is 13.1 Å². The smallest absolute Gasteiger partial charge is 0.261 e. The van der Waals surface area contributed by atoms with Crippen molar-refractivity contribution in [1.29, 1.82) is 0 Å². The van der Waals surface area contributed by atoms with Crippen LogP contribution in [0.5, 0.6) is 5.75 Å². The molecule has 6 nitrogen and oxygen atoms in total. The summed E-state index contributed by atoms with van der Waals surface area (Å²) in [5, 5.41) is 3.69. The van der Waals surface area contributed by atoms with Crippen molar-refractivity contribution < 1.29 is 14.3 Å². The Hall–Kier alpha value is -3.97. The molecule has 1 aliphatic heterocycles. The molecule has 0 saturated heterocycles. The zero-order valence-corrected chi connectivity index (χ0v) is 18.9. The molecule has 0 unspecified atom stereocenters. The van der Waals surface area contributed by atoms with E-state index in [0.717, 1.165) is 15.8 Å². The molecule has 0 aliphatic carbocycles. The zero-order chi connectivity index (χ0) is 22.9. The number of amides is 2. The average molecular weight is 456 g/mol. The number of aromatic nitrogens is 1. The molecule has 2 heterocycles. The fourth-order valence-electron chi connectivity index (χ4n) is 4.07. The highest BCUT2D eigenvalue weighted by molar-refractivity contribution is 7.19. The SMILES string of the molecule is COc1cccc(N2C(=O)C(c3ccccc3)=C(c3nc4ccccc4s3)[C@H]2NC(C)=O)c1. The first-order valence-corrected chi connectivity index (χ1v) is 11.3. The summed E-state index contributed by atoms with van der Waals surface area (Å²) in [4.78, 5) is 32.7. The van der Waals surface area contributed by atoms with Crippen molar-refractivity contribution in [1.82, 2.24) is 10.3 Å². The van der Waals surface area contributed by atoms with E-state index >= 15 is 0 Å². The highest BCUT2D eigenvalue weighted by atomic mass is 32.1. The van der Waals surface area contributed by atoms with Gasteiger partial charge in [-0.05, 0) is 29.8 Å². The molecule has 1 N–H and O–H groups in total. The summed E-state index contributed by atoms with van der Waals surface area (Å²) >= 11 is 1.51. The quantitative estimate of drug-likeness (QED) is 0.473. The third-order valence-corrected chi connectivity index (χ3v) is 6.56. The molecule has 33 heavy (non-hydrogen) atoms. The van der Waals surface area contributed by atoms with Crippen LogP contribution in [-0.4, -0.2) is 30.1 Å². The second-order valence-electron chi connectivity index (χ2n) is 7.62. The van der Waals surface area contributed by atoms with E-state index in [4.69, 9.17) is 9.72 Å². The predicted octanol–water partition coefficient (Wildman–Crippen LogP) is 4.72. The number of para-hydroxylation sites is 1.